The highest BCUT2D eigenvalue weighted by atomic mass is 32.2. The minimum Gasteiger partial charge on any atom is -0.481 e. The zero-order valence-electron chi connectivity index (χ0n) is 9.57. The van der Waals surface area contributed by atoms with Gasteiger partial charge < -0.3 is 5.11 Å². The predicted molar refractivity (Wildman–Crippen MR) is 65.9 cm³/mol. The molecule has 0 aliphatic heterocycles. The normalized spacial score (nSPS) is 10.9. The molecule has 3 N–H and O–H groups in total. The Morgan fingerprint density at radius 1 is 1.32 bits per heavy atom. The number of benzene rings is 1. The van der Waals surface area contributed by atoms with E-state index in [9.17, 15) is 23.3 Å². The first-order chi connectivity index (χ1) is 8.80. The van der Waals surface area contributed by atoms with Crippen molar-refractivity contribution in [1.82, 2.24) is 4.72 Å². The van der Waals surface area contributed by atoms with Gasteiger partial charge in [-0.15, -0.1) is 0 Å². The van der Waals surface area contributed by atoms with E-state index in [-0.39, 0.29) is 24.3 Å². The van der Waals surface area contributed by atoms with E-state index < -0.39 is 21.1 Å². The van der Waals surface area contributed by atoms with Crippen LogP contribution in [0.1, 0.15) is 6.42 Å². The molecule has 0 atom stereocenters. The monoisotopic (exact) mass is 289 g/mol. The minimum atomic E-state index is -3.90. The van der Waals surface area contributed by atoms with Crippen LogP contribution in [-0.4, -0.2) is 31.0 Å². The summed E-state index contributed by atoms with van der Waals surface area (Å²) in [5.41, 5.74) is -0.0322. The van der Waals surface area contributed by atoms with Gasteiger partial charge in [-0.1, -0.05) is 0 Å². The molecule has 0 radical (unpaired) electrons. The molecule has 0 unspecified atom stereocenters. The van der Waals surface area contributed by atoms with Crippen molar-refractivity contribution in [2.45, 2.75) is 6.42 Å². The number of rotatable bonds is 7. The summed E-state index contributed by atoms with van der Waals surface area (Å²) in [7, 11) is -3.90. The number of nitro benzene ring substituents is 1. The molecule has 0 saturated carbocycles. The predicted octanol–water partition coefficient (Wildman–Crippen LogP) is 0.316. The van der Waals surface area contributed by atoms with Crippen molar-refractivity contribution in [2.75, 3.05) is 11.3 Å². The summed E-state index contributed by atoms with van der Waals surface area (Å²) in [5.74, 6) is -1.13. The Balaban J connectivity index is 2.62. The number of hydrogen-bond donors (Lipinski definition) is 3. The van der Waals surface area contributed by atoms with E-state index in [1.54, 1.807) is 0 Å². The van der Waals surface area contributed by atoms with Gasteiger partial charge in [0.2, 0.25) is 0 Å². The molecule has 1 aromatic rings. The molecule has 0 bridgehead atoms. The summed E-state index contributed by atoms with van der Waals surface area (Å²) >= 11 is 0. The molecule has 104 valence electrons. The second-order valence-electron chi connectivity index (χ2n) is 3.45. The lowest BCUT2D eigenvalue weighted by Gasteiger charge is -2.08. The number of nitro groups is 1. The third-order valence-corrected chi connectivity index (χ3v) is 3.05. The highest BCUT2D eigenvalue weighted by Gasteiger charge is 2.11. The molecule has 10 heteroatoms. The molecular weight excluding hydrogens is 278 g/mol. The first-order valence-corrected chi connectivity index (χ1v) is 6.52. The number of hydrogen-bond acceptors (Lipinski definition) is 5. The van der Waals surface area contributed by atoms with Crippen LogP contribution in [0.25, 0.3) is 0 Å². The molecule has 1 aromatic carbocycles. The summed E-state index contributed by atoms with van der Waals surface area (Å²) in [5, 5.41) is 18.8. The van der Waals surface area contributed by atoms with E-state index >= 15 is 0 Å². The van der Waals surface area contributed by atoms with Crippen molar-refractivity contribution < 1.29 is 23.2 Å². The Morgan fingerprint density at radius 2 is 1.89 bits per heavy atom. The van der Waals surface area contributed by atoms with Crippen LogP contribution in [0.15, 0.2) is 24.3 Å². The first kappa shape index (κ1) is 14.9. The molecule has 0 spiro atoms. The molecule has 0 saturated heterocycles. The van der Waals surface area contributed by atoms with Crippen LogP contribution in [0.5, 0.6) is 0 Å². The Kier molecular flexibility index (Phi) is 4.78. The fourth-order valence-corrected chi connectivity index (χ4v) is 2.02. The molecular formula is C9H11N3O6S. The lowest BCUT2D eigenvalue weighted by molar-refractivity contribution is -0.384. The van der Waals surface area contributed by atoms with E-state index in [0.717, 1.165) is 12.1 Å². The zero-order chi connectivity index (χ0) is 14.5. The van der Waals surface area contributed by atoms with Crippen molar-refractivity contribution >= 4 is 27.6 Å². The number of nitrogens with zero attached hydrogens (tertiary/aromatic N) is 1. The Hall–Kier alpha value is -2.20. The van der Waals surface area contributed by atoms with E-state index in [1.165, 1.54) is 12.1 Å². The van der Waals surface area contributed by atoms with Gasteiger partial charge in [-0.05, 0) is 12.1 Å². The van der Waals surface area contributed by atoms with Crippen LogP contribution < -0.4 is 9.44 Å². The highest BCUT2D eigenvalue weighted by Crippen LogP contribution is 2.15. The Morgan fingerprint density at radius 3 is 2.37 bits per heavy atom. The Bertz CT molecular complexity index is 568. The van der Waals surface area contributed by atoms with Crippen molar-refractivity contribution in [1.29, 1.82) is 0 Å². The van der Waals surface area contributed by atoms with Crippen molar-refractivity contribution in [3.8, 4) is 0 Å². The summed E-state index contributed by atoms with van der Waals surface area (Å²) in [4.78, 5) is 20.0. The minimum absolute atomic E-state index is 0.133. The quantitative estimate of drug-likeness (QED) is 0.488. The molecule has 0 aliphatic rings. The number of anilines is 1. The molecule has 0 amide bonds. The van der Waals surface area contributed by atoms with E-state index in [1.807, 2.05) is 4.72 Å². The van der Waals surface area contributed by atoms with Gasteiger partial charge in [-0.25, -0.2) is 0 Å². The zero-order valence-corrected chi connectivity index (χ0v) is 10.4. The van der Waals surface area contributed by atoms with Crippen molar-refractivity contribution in [2.24, 2.45) is 0 Å². The van der Waals surface area contributed by atoms with Gasteiger partial charge in [0.05, 0.1) is 17.0 Å². The summed E-state index contributed by atoms with van der Waals surface area (Å²) < 4.78 is 27.0. The van der Waals surface area contributed by atoms with E-state index in [2.05, 4.69) is 4.72 Å². The largest absolute Gasteiger partial charge is 0.481 e. The maximum atomic E-state index is 11.5. The van der Waals surface area contributed by atoms with Crippen LogP contribution >= 0.6 is 0 Å². The van der Waals surface area contributed by atoms with Crippen LogP contribution in [0.4, 0.5) is 11.4 Å². The van der Waals surface area contributed by atoms with Crippen LogP contribution in [-0.2, 0) is 15.0 Å². The number of carboxylic acids is 1. The fourth-order valence-electron chi connectivity index (χ4n) is 1.13. The molecule has 9 nitrogen and oxygen atoms in total. The average Bonchev–Trinajstić information content (AvgIpc) is 2.28. The SMILES string of the molecule is O=C(O)CCNS(=O)(=O)Nc1ccc([N+](=O)[O-])cc1. The summed E-state index contributed by atoms with van der Waals surface area (Å²) in [6.07, 6.45) is -0.346. The lowest BCUT2D eigenvalue weighted by atomic mass is 10.3. The van der Waals surface area contributed by atoms with Crippen LogP contribution in [0.2, 0.25) is 0 Å². The topological polar surface area (TPSA) is 139 Å². The average molecular weight is 289 g/mol. The lowest BCUT2D eigenvalue weighted by Crippen LogP contribution is -2.31. The maximum absolute atomic E-state index is 11.5. The van der Waals surface area contributed by atoms with Gasteiger partial charge in [-0.3, -0.25) is 19.6 Å². The Labute approximate surface area is 108 Å². The molecule has 19 heavy (non-hydrogen) atoms. The van der Waals surface area contributed by atoms with E-state index in [4.69, 9.17) is 5.11 Å². The van der Waals surface area contributed by atoms with Gasteiger partial charge in [0.25, 0.3) is 15.9 Å². The number of carbonyl (C=O) groups is 1. The first-order valence-electron chi connectivity index (χ1n) is 5.04. The number of carboxylic acid groups (broad SMARTS) is 1. The number of nitrogens with one attached hydrogen (secondary N) is 2. The van der Waals surface area contributed by atoms with Crippen LogP contribution in [0.3, 0.4) is 0 Å². The van der Waals surface area contributed by atoms with Crippen molar-refractivity contribution in [3.63, 3.8) is 0 Å². The fraction of sp³-hybridized carbons (Fsp3) is 0.222. The standard InChI is InChI=1S/C9H11N3O6S/c13-9(14)5-6-10-19(17,18)11-7-1-3-8(4-2-7)12(15)16/h1-4,10-11H,5-6H2,(H,13,14). The molecule has 1 rings (SSSR count). The third-order valence-electron chi connectivity index (χ3n) is 1.96. The second kappa shape index (κ2) is 6.11. The van der Waals surface area contributed by atoms with Gasteiger partial charge in [0, 0.05) is 18.7 Å². The third kappa shape index (κ3) is 5.31. The van der Waals surface area contributed by atoms with E-state index in [0.29, 0.717) is 0 Å². The van der Waals surface area contributed by atoms with Gasteiger partial charge in [0.15, 0.2) is 0 Å². The molecule has 0 aliphatic carbocycles. The van der Waals surface area contributed by atoms with Crippen LogP contribution in [0, 0.1) is 10.1 Å². The highest BCUT2D eigenvalue weighted by molar-refractivity contribution is 7.90. The smallest absolute Gasteiger partial charge is 0.304 e. The summed E-state index contributed by atoms with van der Waals surface area (Å²) in [6, 6.07) is 4.76. The number of aliphatic carboxylic acids is 1. The van der Waals surface area contributed by atoms with Gasteiger partial charge >= 0.3 is 5.97 Å². The molecule has 0 aromatic heterocycles. The second-order valence-corrected chi connectivity index (χ2v) is 4.95. The molecule has 0 fully saturated rings. The van der Waals surface area contributed by atoms with Crippen molar-refractivity contribution in [3.05, 3.63) is 34.4 Å². The summed E-state index contributed by atoms with van der Waals surface area (Å²) in [6.45, 7) is -0.252. The van der Waals surface area contributed by atoms with Gasteiger partial charge in [-0.2, -0.15) is 13.1 Å². The maximum Gasteiger partial charge on any atom is 0.304 e. The number of non-ortho nitro benzene ring substituents is 1. The molecule has 0 heterocycles. The van der Waals surface area contributed by atoms with Gasteiger partial charge in [0.1, 0.15) is 0 Å².